The van der Waals surface area contributed by atoms with Crippen LogP contribution in [0.25, 0.3) is 0 Å². The minimum atomic E-state index is -3.79. The maximum absolute atomic E-state index is 12.7. The summed E-state index contributed by atoms with van der Waals surface area (Å²) in [5.41, 5.74) is 1.18. The van der Waals surface area contributed by atoms with Crippen LogP contribution in [-0.2, 0) is 26.2 Å². The number of methoxy groups -OCH3 is 1. The largest absolute Gasteiger partial charge is 0.497 e. The molecule has 2 aliphatic rings. The molecular formula is C21H23N3O5S2. The minimum Gasteiger partial charge on any atom is -0.497 e. The summed E-state index contributed by atoms with van der Waals surface area (Å²) in [5.74, 6) is 0.0784. The van der Waals surface area contributed by atoms with Crippen LogP contribution in [0.5, 0.6) is 5.75 Å². The van der Waals surface area contributed by atoms with E-state index in [1.807, 2.05) is 0 Å². The number of likely N-dealkylation sites (tertiary alicyclic amines) is 1. The van der Waals surface area contributed by atoms with Gasteiger partial charge in [-0.2, -0.15) is 0 Å². The molecule has 0 saturated carbocycles. The minimum absolute atomic E-state index is 0.0463. The third-order valence-corrected chi connectivity index (χ3v) is 7.93. The Hall–Kier alpha value is -2.56. The third kappa shape index (κ3) is 4.70. The molecule has 0 spiro atoms. The fourth-order valence-corrected chi connectivity index (χ4v) is 5.62. The Morgan fingerprint density at radius 2 is 1.90 bits per heavy atom. The molecule has 31 heavy (non-hydrogen) atoms. The number of carbonyl (C=O) groups is 2. The van der Waals surface area contributed by atoms with Gasteiger partial charge in [-0.25, -0.2) is 13.1 Å². The second-order valence-corrected chi connectivity index (χ2v) is 10.3. The molecule has 2 N–H and O–H groups in total. The zero-order chi connectivity index (χ0) is 22.0. The SMILES string of the molecule is COc1ccc(CNS(=O)(=O)c2ccc3c(c2)NC(=O)[C@@H](C(=O)N2CCCC2)S3)cc1. The molecule has 2 aromatic carbocycles. The van der Waals surface area contributed by atoms with Gasteiger partial charge >= 0.3 is 0 Å². The van der Waals surface area contributed by atoms with Crippen molar-refractivity contribution in [2.45, 2.75) is 34.4 Å². The summed E-state index contributed by atoms with van der Waals surface area (Å²) in [5, 5.41) is 1.85. The fourth-order valence-electron chi connectivity index (χ4n) is 3.53. The van der Waals surface area contributed by atoms with Crippen molar-refractivity contribution in [1.82, 2.24) is 9.62 Å². The van der Waals surface area contributed by atoms with Crippen LogP contribution in [0.15, 0.2) is 52.3 Å². The van der Waals surface area contributed by atoms with Crippen LogP contribution < -0.4 is 14.8 Å². The van der Waals surface area contributed by atoms with Crippen molar-refractivity contribution >= 4 is 39.3 Å². The van der Waals surface area contributed by atoms with E-state index < -0.39 is 21.2 Å². The number of sulfonamides is 1. The van der Waals surface area contributed by atoms with Gasteiger partial charge in [-0.15, -0.1) is 11.8 Å². The van der Waals surface area contributed by atoms with E-state index in [4.69, 9.17) is 4.74 Å². The summed E-state index contributed by atoms with van der Waals surface area (Å²) in [4.78, 5) is 27.6. The highest BCUT2D eigenvalue weighted by Crippen LogP contribution is 2.38. The zero-order valence-electron chi connectivity index (χ0n) is 17.0. The normalized spacial score (nSPS) is 18.4. The Balaban J connectivity index is 1.46. The van der Waals surface area contributed by atoms with E-state index in [2.05, 4.69) is 10.0 Å². The smallest absolute Gasteiger partial charge is 0.247 e. The number of hydrogen-bond donors (Lipinski definition) is 2. The van der Waals surface area contributed by atoms with E-state index >= 15 is 0 Å². The molecule has 0 unspecified atom stereocenters. The monoisotopic (exact) mass is 461 g/mol. The number of fused-ring (bicyclic) bond motifs is 1. The number of amides is 2. The van der Waals surface area contributed by atoms with E-state index in [0.717, 1.165) is 30.2 Å². The van der Waals surface area contributed by atoms with Gasteiger partial charge in [0.05, 0.1) is 17.7 Å². The lowest BCUT2D eigenvalue weighted by molar-refractivity contribution is -0.133. The number of benzene rings is 2. The highest BCUT2D eigenvalue weighted by atomic mass is 32.2. The number of carbonyl (C=O) groups excluding carboxylic acids is 2. The van der Waals surface area contributed by atoms with Crippen LogP contribution in [0, 0.1) is 0 Å². The molecule has 10 heteroatoms. The molecule has 0 aliphatic carbocycles. The molecule has 1 atom stereocenters. The number of nitrogens with zero attached hydrogens (tertiary/aromatic N) is 1. The first-order chi connectivity index (χ1) is 14.9. The van der Waals surface area contributed by atoms with Crippen LogP contribution in [0.4, 0.5) is 5.69 Å². The predicted molar refractivity (Wildman–Crippen MR) is 118 cm³/mol. The van der Waals surface area contributed by atoms with Crippen molar-refractivity contribution in [2.24, 2.45) is 0 Å². The Kier molecular flexibility index (Phi) is 6.22. The Morgan fingerprint density at radius 3 is 2.58 bits per heavy atom. The van der Waals surface area contributed by atoms with Crippen LogP contribution >= 0.6 is 11.8 Å². The molecule has 0 bridgehead atoms. The van der Waals surface area contributed by atoms with Crippen molar-refractivity contribution in [1.29, 1.82) is 0 Å². The molecule has 2 heterocycles. The maximum atomic E-state index is 12.7. The Bertz CT molecular complexity index is 1100. The van der Waals surface area contributed by atoms with Crippen molar-refractivity contribution in [3.63, 3.8) is 0 Å². The second kappa shape index (κ2) is 8.89. The molecule has 4 rings (SSSR count). The molecule has 0 radical (unpaired) electrons. The average molecular weight is 462 g/mol. The topological polar surface area (TPSA) is 105 Å². The predicted octanol–water partition coefficient (Wildman–Crippen LogP) is 2.21. The first kappa shape index (κ1) is 21.7. The summed E-state index contributed by atoms with van der Waals surface area (Å²) in [7, 11) is -2.22. The fraction of sp³-hybridized carbons (Fsp3) is 0.333. The van der Waals surface area contributed by atoms with Gasteiger partial charge in [-0.3, -0.25) is 9.59 Å². The molecule has 164 valence electrons. The maximum Gasteiger partial charge on any atom is 0.247 e. The van der Waals surface area contributed by atoms with Crippen LogP contribution in [-0.4, -0.2) is 50.6 Å². The molecular weight excluding hydrogens is 438 g/mol. The van der Waals surface area contributed by atoms with Gasteiger partial charge in [0.2, 0.25) is 21.8 Å². The number of hydrogen-bond acceptors (Lipinski definition) is 6. The second-order valence-electron chi connectivity index (χ2n) is 7.35. The van der Waals surface area contributed by atoms with Gasteiger partial charge < -0.3 is 15.0 Å². The van der Waals surface area contributed by atoms with E-state index in [0.29, 0.717) is 29.4 Å². The first-order valence-electron chi connectivity index (χ1n) is 9.90. The quantitative estimate of drug-likeness (QED) is 0.639. The Morgan fingerprint density at radius 1 is 1.19 bits per heavy atom. The standard InChI is InChI=1S/C21H23N3O5S2/c1-29-15-6-4-14(5-7-15)13-22-31(27,28)16-8-9-18-17(12-16)23-20(25)19(30-18)21(26)24-10-2-3-11-24/h4-9,12,19,22H,2-3,10-11,13H2,1H3,(H,23,25)/t19-/m0/s1. The number of rotatable bonds is 6. The van der Waals surface area contributed by atoms with Crippen LogP contribution in [0.3, 0.4) is 0 Å². The zero-order valence-corrected chi connectivity index (χ0v) is 18.6. The first-order valence-corrected chi connectivity index (χ1v) is 12.3. The average Bonchev–Trinajstić information content (AvgIpc) is 3.32. The molecule has 0 aromatic heterocycles. The molecule has 2 aliphatic heterocycles. The molecule has 2 aromatic rings. The van der Waals surface area contributed by atoms with Crippen LogP contribution in [0.2, 0.25) is 0 Å². The summed E-state index contributed by atoms with van der Waals surface area (Å²) >= 11 is 1.16. The number of ether oxygens (including phenoxy) is 1. The summed E-state index contributed by atoms with van der Waals surface area (Å²) in [6.07, 6.45) is 1.90. The van der Waals surface area contributed by atoms with E-state index in [1.165, 1.54) is 12.1 Å². The van der Waals surface area contributed by atoms with Gasteiger partial charge in [0, 0.05) is 24.5 Å². The van der Waals surface area contributed by atoms with E-state index in [-0.39, 0.29) is 17.3 Å². The third-order valence-electron chi connectivity index (χ3n) is 5.27. The van der Waals surface area contributed by atoms with Crippen molar-refractivity contribution in [3.05, 3.63) is 48.0 Å². The molecule has 1 saturated heterocycles. The Labute approximate surface area is 185 Å². The van der Waals surface area contributed by atoms with E-state index in [9.17, 15) is 18.0 Å². The number of nitrogens with one attached hydrogen (secondary N) is 2. The van der Waals surface area contributed by atoms with Gasteiger partial charge in [0.25, 0.3) is 0 Å². The molecule has 2 amide bonds. The van der Waals surface area contributed by atoms with Gasteiger partial charge in [0.1, 0.15) is 5.75 Å². The summed E-state index contributed by atoms with van der Waals surface area (Å²) in [6, 6.07) is 11.6. The van der Waals surface area contributed by atoms with Gasteiger partial charge in [-0.1, -0.05) is 12.1 Å². The summed E-state index contributed by atoms with van der Waals surface area (Å²) in [6.45, 7) is 1.47. The lowest BCUT2D eigenvalue weighted by Crippen LogP contribution is -2.43. The molecule has 1 fully saturated rings. The van der Waals surface area contributed by atoms with Crippen molar-refractivity contribution < 1.29 is 22.7 Å². The molecule has 8 nitrogen and oxygen atoms in total. The lowest BCUT2D eigenvalue weighted by atomic mass is 10.2. The lowest BCUT2D eigenvalue weighted by Gasteiger charge is -2.27. The van der Waals surface area contributed by atoms with Gasteiger partial charge in [0.15, 0.2) is 5.25 Å². The van der Waals surface area contributed by atoms with E-state index in [1.54, 1.807) is 42.3 Å². The highest BCUT2D eigenvalue weighted by molar-refractivity contribution is 8.01. The highest BCUT2D eigenvalue weighted by Gasteiger charge is 2.37. The van der Waals surface area contributed by atoms with Gasteiger partial charge in [-0.05, 0) is 48.7 Å². The number of thioether (sulfide) groups is 1. The number of anilines is 1. The van der Waals surface area contributed by atoms with Crippen molar-refractivity contribution in [2.75, 3.05) is 25.5 Å². The van der Waals surface area contributed by atoms with Crippen LogP contribution in [0.1, 0.15) is 18.4 Å². The summed E-state index contributed by atoms with van der Waals surface area (Å²) < 4.78 is 33.1. The van der Waals surface area contributed by atoms with Crippen molar-refractivity contribution in [3.8, 4) is 5.75 Å².